The summed E-state index contributed by atoms with van der Waals surface area (Å²) in [5.74, 6) is 0.394. The summed E-state index contributed by atoms with van der Waals surface area (Å²) < 4.78 is 37.8. The predicted octanol–water partition coefficient (Wildman–Crippen LogP) is 2.29. The van der Waals surface area contributed by atoms with Crippen LogP contribution in [-0.2, 0) is 6.18 Å². The number of anilines is 1. The molecule has 0 bridgehead atoms. The van der Waals surface area contributed by atoms with Crippen LogP contribution in [0.1, 0.15) is 19.5 Å². The molecule has 0 amide bonds. The fourth-order valence-electron chi connectivity index (χ4n) is 2.27. The van der Waals surface area contributed by atoms with Crippen molar-refractivity contribution < 1.29 is 13.2 Å². The lowest BCUT2D eigenvalue weighted by atomic mass is 10.1. The van der Waals surface area contributed by atoms with E-state index >= 15 is 0 Å². The van der Waals surface area contributed by atoms with Crippen molar-refractivity contribution in [1.29, 1.82) is 0 Å². The Kier molecular flexibility index (Phi) is 3.47. The quantitative estimate of drug-likeness (QED) is 0.838. The van der Waals surface area contributed by atoms with Gasteiger partial charge in [-0.3, -0.25) is 0 Å². The van der Waals surface area contributed by atoms with Gasteiger partial charge in [0.05, 0.1) is 0 Å². The van der Waals surface area contributed by atoms with Crippen LogP contribution in [0.5, 0.6) is 0 Å². The maximum absolute atomic E-state index is 12.6. The molecule has 1 aromatic heterocycles. The Morgan fingerprint density at radius 1 is 1.22 bits per heavy atom. The van der Waals surface area contributed by atoms with Crippen molar-refractivity contribution in [2.75, 3.05) is 18.0 Å². The van der Waals surface area contributed by atoms with Crippen LogP contribution in [0, 0.1) is 0 Å². The molecule has 6 heteroatoms. The average Bonchev–Trinajstić information content (AvgIpc) is 2.27. The molecule has 1 saturated heterocycles. The highest BCUT2D eigenvalue weighted by Crippen LogP contribution is 2.29. The molecule has 18 heavy (non-hydrogen) atoms. The number of aromatic nitrogens is 1. The SMILES string of the molecule is CC1CN(c2cccc(C(F)(F)F)n2)CC(C)N1. The third-order valence-corrected chi connectivity index (χ3v) is 2.91. The van der Waals surface area contributed by atoms with Gasteiger partial charge in [-0.05, 0) is 26.0 Å². The topological polar surface area (TPSA) is 28.2 Å². The summed E-state index contributed by atoms with van der Waals surface area (Å²) in [5.41, 5.74) is -0.834. The highest BCUT2D eigenvalue weighted by atomic mass is 19.4. The first kappa shape index (κ1) is 13.1. The third kappa shape index (κ3) is 2.93. The summed E-state index contributed by atoms with van der Waals surface area (Å²) in [7, 11) is 0. The predicted molar refractivity (Wildman–Crippen MR) is 63.5 cm³/mol. The number of nitrogens with one attached hydrogen (secondary N) is 1. The van der Waals surface area contributed by atoms with Gasteiger partial charge in [0.1, 0.15) is 11.5 Å². The lowest BCUT2D eigenvalue weighted by molar-refractivity contribution is -0.141. The molecule has 100 valence electrons. The Balaban J connectivity index is 2.23. The van der Waals surface area contributed by atoms with E-state index in [1.165, 1.54) is 6.07 Å². The highest BCUT2D eigenvalue weighted by molar-refractivity contribution is 5.41. The maximum Gasteiger partial charge on any atom is 0.433 e. The average molecular weight is 259 g/mol. The standard InChI is InChI=1S/C12H16F3N3/c1-8-6-18(7-9(2)16-8)11-5-3-4-10(17-11)12(13,14)15/h3-5,8-9,16H,6-7H2,1-2H3. The molecule has 1 fully saturated rings. The number of alkyl halides is 3. The summed E-state index contributed by atoms with van der Waals surface area (Å²) in [4.78, 5) is 5.60. The van der Waals surface area contributed by atoms with Crippen LogP contribution in [0.3, 0.4) is 0 Å². The van der Waals surface area contributed by atoms with Gasteiger partial charge in [0.2, 0.25) is 0 Å². The van der Waals surface area contributed by atoms with Crippen molar-refractivity contribution in [1.82, 2.24) is 10.3 Å². The summed E-state index contributed by atoms with van der Waals surface area (Å²) in [6.45, 7) is 5.35. The van der Waals surface area contributed by atoms with Crippen molar-refractivity contribution in [3.63, 3.8) is 0 Å². The van der Waals surface area contributed by atoms with Crippen LogP contribution in [0.2, 0.25) is 0 Å². The van der Waals surface area contributed by atoms with E-state index in [0.29, 0.717) is 18.9 Å². The van der Waals surface area contributed by atoms with Crippen molar-refractivity contribution in [3.8, 4) is 0 Å². The second-order valence-electron chi connectivity index (χ2n) is 4.75. The Bertz CT molecular complexity index is 409. The Morgan fingerprint density at radius 2 is 1.83 bits per heavy atom. The number of halogens is 3. The molecule has 1 aliphatic rings. The highest BCUT2D eigenvalue weighted by Gasteiger charge is 2.33. The van der Waals surface area contributed by atoms with Gasteiger partial charge >= 0.3 is 6.18 Å². The first-order valence-corrected chi connectivity index (χ1v) is 5.91. The largest absolute Gasteiger partial charge is 0.433 e. The minimum Gasteiger partial charge on any atom is -0.354 e. The molecular weight excluding hydrogens is 243 g/mol. The van der Waals surface area contributed by atoms with Gasteiger partial charge in [-0.1, -0.05) is 6.07 Å². The molecule has 3 nitrogen and oxygen atoms in total. The van der Waals surface area contributed by atoms with Crippen molar-refractivity contribution >= 4 is 5.82 Å². The zero-order chi connectivity index (χ0) is 13.3. The van der Waals surface area contributed by atoms with E-state index in [-0.39, 0.29) is 12.1 Å². The Hall–Kier alpha value is -1.30. The molecular formula is C12H16F3N3. The minimum absolute atomic E-state index is 0.241. The molecule has 1 N–H and O–H groups in total. The molecule has 1 aromatic rings. The first-order chi connectivity index (χ1) is 8.36. The summed E-state index contributed by atoms with van der Waals surface area (Å²) in [6.07, 6.45) is -4.39. The van der Waals surface area contributed by atoms with Gasteiger partial charge in [0.25, 0.3) is 0 Å². The minimum atomic E-state index is -4.39. The van der Waals surface area contributed by atoms with Crippen LogP contribution in [-0.4, -0.2) is 30.2 Å². The second-order valence-corrected chi connectivity index (χ2v) is 4.75. The number of hydrogen-bond acceptors (Lipinski definition) is 3. The van der Waals surface area contributed by atoms with Crippen LogP contribution in [0.15, 0.2) is 18.2 Å². The Morgan fingerprint density at radius 3 is 2.39 bits per heavy atom. The normalized spacial score (nSPS) is 25.3. The lowest BCUT2D eigenvalue weighted by Gasteiger charge is -2.37. The van der Waals surface area contributed by atoms with Gasteiger partial charge in [-0.25, -0.2) is 4.98 Å². The summed E-state index contributed by atoms with van der Waals surface area (Å²) in [6, 6.07) is 4.51. The lowest BCUT2D eigenvalue weighted by Crippen LogP contribution is -2.54. The second kappa shape index (κ2) is 4.76. The van der Waals surface area contributed by atoms with Crippen LogP contribution in [0.25, 0.3) is 0 Å². The van der Waals surface area contributed by atoms with E-state index in [9.17, 15) is 13.2 Å². The van der Waals surface area contributed by atoms with E-state index in [4.69, 9.17) is 0 Å². The number of nitrogens with zero attached hydrogens (tertiary/aromatic N) is 2. The molecule has 0 aromatic carbocycles. The van der Waals surface area contributed by atoms with Crippen LogP contribution in [0.4, 0.5) is 19.0 Å². The molecule has 2 unspecified atom stereocenters. The summed E-state index contributed by atoms with van der Waals surface area (Å²) >= 11 is 0. The molecule has 0 saturated carbocycles. The fourth-order valence-corrected chi connectivity index (χ4v) is 2.27. The third-order valence-electron chi connectivity index (χ3n) is 2.91. The van der Waals surface area contributed by atoms with Crippen molar-refractivity contribution in [3.05, 3.63) is 23.9 Å². The number of rotatable bonds is 1. The van der Waals surface area contributed by atoms with Gasteiger partial charge in [0, 0.05) is 25.2 Å². The van der Waals surface area contributed by atoms with Crippen LogP contribution >= 0.6 is 0 Å². The summed E-state index contributed by atoms with van der Waals surface area (Å²) in [5, 5.41) is 3.33. The molecule has 0 aliphatic carbocycles. The van der Waals surface area contributed by atoms with E-state index < -0.39 is 11.9 Å². The first-order valence-electron chi connectivity index (χ1n) is 5.91. The molecule has 2 rings (SSSR count). The number of pyridine rings is 1. The number of hydrogen-bond donors (Lipinski definition) is 1. The van der Waals surface area contributed by atoms with E-state index in [1.54, 1.807) is 6.07 Å². The fraction of sp³-hybridized carbons (Fsp3) is 0.583. The van der Waals surface area contributed by atoms with Gasteiger partial charge < -0.3 is 10.2 Å². The zero-order valence-corrected chi connectivity index (χ0v) is 10.3. The van der Waals surface area contributed by atoms with Crippen molar-refractivity contribution in [2.45, 2.75) is 32.1 Å². The zero-order valence-electron chi connectivity index (χ0n) is 10.3. The van der Waals surface area contributed by atoms with Gasteiger partial charge in [-0.2, -0.15) is 13.2 Å². The molecule has 1 aliphatic heterocycles. The molecule has 0 radical (unpaired) electrons. The Labute approximate surface area is 104 Å². The van der Waals surface area contributed by atoms with E-state index in [0.717, 1.165) is 6.07 Å². The monoisotopic (exact) mass is 259 g/mol. The van der Waals surface area contributed by atoms with Gasteiger partial charge in [-0.15, -0.1) is 0 Å². The van der Waals surface area contributed by atoms with Crippen LogP contribution < -0.4 is 10.2 Å². The maximum atomic E-state index is 12.6. The molecule has 0 spiro atoms. The molecule has 2 atom stereocenters. The molecule has 2 heterocycles. The van der Waals surface area contributed by atoms with E-state index in [1.807, 2.05) is 18.7 Å². The van der Waals surface area contributed by atoms with E-state index in [2.05, 4.69) is 10.3 Å². The van der Waals surface area contributed by atoms with Gasteiger partial charge in [0.15, 0.2) is 0 Å². The van der Waals surface area contributed by atoms with Crippen molar-refractivity contribution in [2.24, 2.45) is 0 Å². The number of piperazine rings is 1. The smallest absolute Gasteiger partial charge is 0.354 e.